The fourth-order valence-corrected chi connectivity index (χ4v) is 4.92. The van der Waals surface area contributed by atoms with Gasteiger partial charge in [0.1, 0.15) is 5.82 Å². The van der Waals surface area contributed by atoms with Gasteiger partial charge in [0.05, 0.1) is 6.42 Å². The predicted molar refractivity (Wildman–Crippen MR) is 154 cm³/mol. The summed E-state index contributed by atoms with van der Waals surface area (Å²) in [5.41, 5.74) is 5.99. The van der Waals surface area contributed by atoms with E-state index in [1.165, 1.54) is 27.9 Å². The average molecular weight is 571 g/mol. The number of aliphatic imine (C=N–C) groups is 1. The monoisotopic (exact) mass is 570 g/mol. The van der Waals surface area contributed by atoms with Gasteiger partial charge in [-0.1, -0.05) is 36.4 Å². The number of allylic oxidation sites excluding steroid dienone is 2. The van der Waals surface area contributed by atoms with Gasteiger partial charge in [0.25, 0.3) is 6.20 Å². The molecule has 0 unspecified atom stereocenters. The van der Waals surface area contributed by atoms with Crippen LogP contribution in [0.3, 0.4) is 0 Å². The summed E-state index contributed by atoms with van der Waals surface area (Å²) in [6.07, 6.45) is 4.73. The molecule has 41 heavy (non-hydrogen) atoms. The van der Waals surface area contributed by atoms with Crippen molar-refractivity contribution in [3.05, 3.63) is 107 Å². The SMILES string of the molecule is CSc1ccc(/C=C2/C(C)=C(CC(=O)NCCO/C([O-])=N/c3c[n+](-c4ccccc4)no3)c3cc(F)ccc32)cc1. The first-order valence-corrected chi connectivity index (χ1v) is 14.1. The highest BCUT2D eigenvalue weighted by Gasteiger charge is 2.25. The number of para-hydroxylation sites is 1. The molecule has 1 aliphatic rings. The van der Waals surface area contributed by atoms with Gasteiger partial charge in [-0.2, -0.15) is 4.99 Å². The second-order valence-corrected chi connectivity index (χ2v) is 10.1. The molecule has 0 fully saturated rings. The molecule has 1 N–H and O–H groups in total. The number of amides is 1. The Hall–Kier alpha value is -4.70. The summed E-state index contributed by atoms with van der Waals surface area (Å²) in [6.45, 7) is 1.95. The number of halogens is 1. The number of nitrogens with one attached hydrogen (secondary N) is 1. The van der Waals surface area contributed by atoms with Crippen molar-refractivity contribution in [2.45, 2.75) is 18.2 Å². The molecule has 1 heterocycles. The summed E-state index contributed by atoms with van der Waals surface area (Å²) < 4.78 is 25.8. The molecule has 3 aromatic carbocycles. The van der Waals surface area contributed by atoms with Crippen LogP contribution in [0.1, 0.15) is 30.0 Å². The number of fused-ring (bicyclic) bond motifs is 1. The van der Waals surface area contributed by atoms with Crippen molar-refractivity contribution < 1.29 is 28.2 Å². The number of ether oxygens (including phenoxy) is 1. The van der Waals surface area contributed by atoms with Crippen molar-refractivity contribution in [3.63, 3.8) is 0 Å². The fourth-order valence-electron chi connectivity index (χ4n) is 4.51. The maximum atomic E-state index is 14.2. The molecule has 208 valence electrons. The highest BCUT2D eigenvalue weighted by Crippen LogP contribution is 2.43. The van der Waals surface area contributed by atoms with Crippen LogP contribution in [-0.2, 0) is 9.53 Å². The Kier molecular flexibility index (Phi) is 8.59. The van der Waals surface area contributed by atoms with Gasteiger partial charge in [0.2, 0.25) is 16.9 Å². The van der Waals surface area contributed by atoms with Gasteiger partial charge >= 0.3 is 5.88 Å². The Morgan fingerprint density at radius 2 is 1.93 bits per heavy atom. The van der Waals surface area contributed by atoms with Crippen LogP contribution in [0.2, 0.25) is 0 Å². The van der Waals surface area contributed by atoms with Crippen molar-refractivity contribution in [1.29, 1.82) is 0 Å². The Morgan fingerprint density at radius 1 is 1.15 bits per heavy atom. The largest absolute Gasteiger partial charge is 0.598 e. The summed E-state index contributed by atoms with van der Waals surface area (Å²) in [6, 6.07) is 22.0. The second-order valence-electron chi connectivity index (χ2n) is 9.20. The molecule has 1 amide bonds. The molecule has 0 aliphatic heterocycles. The molecular weight excluding hydrogens is 543 g/mol. The lowest BCUT2D eigenvalue weighted by atomic mass is 10.0. The molecule has 5 rings (SSSR count). The minimum Gasteiger partial charge on any atom is -0.598 e. The van der Waals surface area contributed by atoms with Gasteiger partial charge in [-0.05, 0) is 81.6 Å². The van der Waals surface area contributed by atoms with Crippen LogP contribution in [0.4, 0.5) is 10.3 Å². The lowest BCUT2D eigenvalue weighted by molar-refractivity contribution is -0.670. The molecule has 8 nitrogen and oxygen atoms in total. The average Bonchev–Trinajstić information content (AvgIpc) is 3.54. The topological polar surface area (TPSA) is 104 Å². The van der Waals surface area contributed by atoms with Crippen molar-refractivity contribution >= 4 is 46.9 Å². The van der Waals surface area contributed by atoms with Crippen LogP contribution in [-0.4, -0.2) is 36.7 Å². The zero-order chi connectivity index (χ0) is 28.8. The van der Waals surface area contributed by atoms with Crippen LogP contribution >= 0.6 is 11.8 Å². The molecule has 0 saturated heterocycles. The smallest absolute Gasteiger partial charge is 0.323 e. The summed E-state index contributed by atoms with van der Waals surface area (Å²) in [7, 11) is 0. The lowest BCUT2D eigenvalue weighted by Gasteiger charge is -2.14. The molecule has 4 aromatic rings. The van der Waals surface area contributed by atoms with Crippen molar-refractivity contribution in [1.82, 2.24) is 10.6 Å². The van der Waals surface area contributed by atoms with Gasteiger partial charge in [0, 0.05) is 30.2 Å². The Balaban J connectivity index is 1.19. The van der Waals surface area contributed by atoms with E-state index in [2.05, 4.69) is 33.8 Å². The fraction of sp³-hybridized carbons (Fsp3) is 0.161. The number of benzene rings is 3. The van der Waals surface area contributed by atoms with E-state index in [1.54, 1.807) is 17.8 Å². The van der Waals surface area contributed by atoms with Crippen molar-refractivity contribution in [2.75, 3.05) is 19.4 Å². The van der Waals surface area contributed by atoms with Crippen LogP contribution in [0, 0.1) is 5.82 Å². The van der Waals surface area contributed by atoms with Gasteiger partial charge in [-0.25, -0.2) is 4.39 Å². The summed E-state index contributed by atoms with van der Waals surface area (Å²) >= 11 is 1.67. The number of aromatic nitrogens is 2. The number of nitrogens with zero attached hydrogens (tertiary/aromatic N) is 3. The van der Waals surface area contributed by atoms with Gasteiger partial charge < -0.3 is 15.2 Å². The molecule has 1 aromatic heterocycles. The minimum atomic E-state index is -0.866. The third kappa shape index (κ3) is 6.72. The van der Waals surface area contributed by atoms with Gasteiger partial charge in [0.15, 0.2) is 6.08 Å². The zero-order valence-electron chi connectivity index (χ0n) is 22.5. The van der Waals surface area contributed by atoms with E-state index >= 15 is 0 Å². The molecule has 1 aliphatic carbocycles. The van der Waals surface area contributed by atoms with Crippen LogP contribution in [0.15, 0.2) is 99.0 Å². The third-order valence-electron chi connectivity index (χ3n) is 6.54. The summed E-state index contributed by atoms with van der Waals surface area (Å²) in [5.74, 6) is -0.648. The maximum absolute atomic E-state index is 14.2. The number of rotatable bonds is 9. The normalized spacial score (nSPS) is 13.9. The van der Waals surface area contributed by atoms with E-state index in [9.17, 15) is 14.3 Å². The number of carbonyl (C=O) groups excluding carboxylic acids is 1. The maximum Gasteiger partial charge on any atom is 0.323 e. The second kappa shape index (κ2) is 12.6. The van der Waals surface area contributed by atoms with E-state index in [0.717, 1.165) is 33.5 Å². The Labute approximate surface area is 240 Å². The lowest BCUT2D eigenvalue weighted by Crippen LogP contribution is -2.31. The van der Waals surface area contributed by atoms with Crippen molar-refractivity contribution in [3.8, 4) is 5.69 Å². The van der Waals surface area contributed by atoms with E-state index in [4.69, 9.17) is 9.26 Å². The molecule has 0 atom stereocenters. The Bertz CT molecular complexity index is 1650. The van der Waals surface area contributed by atoms with Gasteiger partial charge in [-0.3, -0.25) is 9.32 Å². The molecule has 0 spiro atoms. The predicted octanol–water partition coefficient (Wildman–Crippen LogP) is 4.71. The summed E-state index contributed by atoms with van der Waals surface area (Å²) in [4.78, 5) is 17.7. The van der Waals surface area contributed by atoms with E-state index < -0.39 is 6.08 Å². The molecule has 10 heteroatoms. The highest BCUT2D eigenvalue weighted by atomic mass is 32.2. The molecule has 0 saturated carbocycles. The van der Waals surface area contributed by atoms with Crippen LogP contribution in [0.5, 0.6) is 0 Å². The molecule has 0 radical (unpaired) electrons. The third-order valence-corrected chi connectivity index (χ3v) is 7.29. The standard InChI is InChI=1S/C31H27FN4O4S/c1-20-26(16-21-8-11-24(41-2)12-9-21)25-13-10-22(32)17-28(25)27(20)18-29(37)33-14-15-39-31(38)34-30-19-36(35-40-30)23-6-4-3-5-7-23/h3-13,16-17,19H,14-15,18H2,1-2H3,(H-,33,34,35,37,38)/b26-16-. The van der Waals surface area contributed by atoms with Gasteiger partial charge in [-0.15, -0.1) is 11.8 Å². The number of hydrogen-bond acceptors (Lipinski definition) is 7. The van der Waals surface area contributed by atoms with Crippen LogP contribution in [0.25, 0.3) is 22.9 Å². The zero-order valence-corrected chi connectivity index (χ0v) is 23.3. The number of thioether (sulfide) groups is 1. The highest BCUT2D eigenvalue weighted by molar-refractivity contribution is 7.98. The quantitative estimate of drug-likeness (QED) is 0.103. The first kappa shape index (κ1) is 27.9. The number of carbonyl (C=O) groups is 1. The van der Waals surface area contributed by atoms with E-state index in [0.29, 0.717) is 5.56 Å². The first-order valence-electron chi connectivity index (χ1n) is 12.9. The van der Waals surface area contributed by atoms with Crippen molar-refractivity contribution in [2.24, 2.45) is 4.99 Å². The Morgan fingerprint density at radius 3 is 2.68 bits per heavy atom. The minimum absolute atomic E-state index is 0.0125. The van der Waals surface area contributed by atoms with E-state index in [-0.39, 0.29) is 37.2 Å². The summed E-state index contributed by atoms with van der Waals surface area (Å²) in [5, 5.41) is 18.6. The number of hydrogen-bond donors (Lipinski definition) is 1. The first-order chi connectivity index (χ1) is 19.9. The molecule has 0 bridgehead atoms. The van der Waals surface area contributed by atoms with Crippen LogP contribution < -0.4 is 15.1 Å². The molecular formula is C31H27FN4O4S. The van der Waals surface area contributed by atoms with E-state index in [1.807, 2.05) is 55.6 Å².